The summed E-state index contributed by atoms with van der Waals surface area (Å²) in [6, 6.07) is 57.7. The summed E-state index contributed by atoms with van der Waals surface area (Å²) >= 11 is 0. The van der Waals surface area contributed by atoms with Crippen molar-refractivity contribution < 1.29 is 0 Å². The van der Waals surface area contributed by atoms with Crippen LogP contribution in [0.15, 0.2) is 146 Å². The molecule has 0 heterocycles. The van der Waals surface area contributed by atoms with Crippen LogP contribution in [0.3, 0.4) is 0 Å². The summed E-state index contributed by atoms with van der Waals surface area (Å²) in [5.41, 5.74) is 15.8. The van der Waals surface area contributed by atoms with E-state index < -0.39 is 0 Å². The molecule has 70 heavy (non-hydrogen) atoms. The summed E-state index contributed by atoms with van der Waals surface area (Å²) in [5, 5.41) is 11.8. The highest BCUT2D eigenvalue weighted by molar-refractivity contribution is 6.37. The van der Waals surface area contributed by atoms with E-state index in [0.29, 0.717) is 11.8 Å². The van der Waals surface area contributed by atoms with Gasteiger partial charge in [0, 0.05) is 33.5 Å². The van der Waals surface area contributed by atoms with Crippen molar-refractivity contribution in [3.63, 3.8) is 0 Å². The van der Waals surface area contributed by atoms with Gasteiger partial charge in [0.05, 0.1) is 11.4 Å². The number of hydrogen-bond donors (Lipinski definition) is 0. The van der Waals surface area contributed by atoms with Gasteiger partial charge in [-0.1, -0.05) is 107 Å². The molecule has 348 valence electrons. The summed E-state index contributed by atoms with van der Waals surface area (Å²) in [5.74, 6) is 8.05. The number of benzene rings is 9. The summed E-state index contributed by atoms with van der Waals surface area (Å²) in [6.45, 7) is 8.83. The third-order valence-electron chi connectivity index (χ3n) is 19.7. The molecule has 0 aliphatic heterocycles. The molecule has 2 nitrogen and oxygen atoms in total. The smallest absolute Gasteiger partial charge is 0.0540 e. The number of rotatable bonds is 8. The summed E-state index contributed by atoms with van der Waals surface area (Å²) in [4.78, 5) is 5.12. The Balaban J connectivity index is 1.07. The molecule has 17 rings (SSSR count). The number of anilines is 6. The second-order valence-electron chi connectivity index (χ2n) is 24.1. The van der Waals surface area contributed by atoms with E-state index in [4.69, 9.17) is 0 Å². The zero-order chi connectivity index (χ0) is 46.5. The maximum absolute atomic E-state index is 2.66. The predicted octanol–water partition coefficient (Wildman–Crippen LogP) is 19.0. The Morgan fingerprint density at radius 3 is 0.829 bits per heavy atom. The van der Waals surface area contributed by atoms with E-state index >= 15 is 0 Å². The van der Waals surface area contributed by atoms with Crippen LogP contribution in [0.5, 0.6) is 0 Å². The zero-order valence-electron chi connectivity index (χ0n) is 41.6. The second kappa shape index (κ2) is 15.7. The normalized spacial score (nSPS) is 27.4. The molecule has 0 spiro atoms. The van der Waals surface area contributed by atoms with Gasteiger partial charge in [0.1, 0.15) is 0 Å². The fraction of sp³-hybridized carbons (Fsp3) is 0.353. The number of fused-ring (bicyclic) bond motifs is 2. The predicted molar refractivity (Wildman–Crippen MR) is 296 cm³/mol. The van der Waals surface area contributed by atoms with Gasteiger partial charge in [-0.05, 0) is 255 Å². The van der Waals surface area contributed by atoms with Crippen LogP contribution in [0.2, 0.25) is 0 Å². The van der Waals surface area contributed by atoms with Crippen LogP contribution in [-0.4, -0.2) is 0 Å². The van der Waals surface area contributed by atoms with Gasteiger partial charge >= 0.3 is 0 Å². The minimum atomic E-state index is 0.606. The van der Waals surface area contributed by atoms with Crippen molar-refractivity contribution in [3.05, 3.63) is 179 Å². The van der Waals surface area contributed by atoms with Crippen LogP contribution >= 0.6 is 0 Å². The van der Waals surface area contributed by atoms with E-state index in [2.05, 4.69) is 183 Å². The lowest BCUT2D eigenvalue weighted by atomic mass is 9.50. The first-order valence-corrected chi connectivity index (χ1v) is 27.3. The zero-order valence-corrected chi connectivity index (χ0v) is 41.6. The molecule has 9 aromatic rings. The SMILES string of the molecule is Cc1ccc(N(c2ccc(C)cc2)c2ccc3c4c(C5C6CC7CC(C6)CC5C7)ccc5c(N(c6ccc(C)cc6)c6ccc(C)cc6)ccc(c6c(C7C8CC9CC(C8)CC7C9)ccc2c36)c54)cc1. The Hall–Kier alpha value is -6.12. The molecule has 9 aromatic carbocycles. The van der Waals surface area contributed by atoms with Gasteiger partial charge in [0.2, 0.25) is 0 Å². The fourth-order valence-electron chi connectivity index (χ4n) is 17.3. The van der Waals surface area contributed by atoms with Crippen molar-refractivity contribution in [1.29, 1.82) is 0 Å². The Kier molecular flexibility index (Phi) is 9.33. The van der Waals surface area contributed by atoms with Gasteiger partial charge in [-0.2, -0.15) is 0 Å². The molecule has 0 N–H and O–H groups in total. The quantitative estimate of drug-likeness (QED) is 0.111. The Labute approximate surface area is 415 Å². The van der Waals surface area contributed by atoms with Gasteiger partial charge in [0.15, 0.2) is 0 Å². The average Bonchev–Trinajstić information content (AvgIpc) is 3.36. The minimum Gasteiger partial charge on any atom is -0.310 e. The van der Waals surface area contributed by atoms with Gasteiger partial charge in [-0.15, -0.1) is 0 Å². The maximum Gasteiger partial charge on any atom is 0.0540 e. The monoisotopic (exact) mass is 911 g/mol. The van der Waals surface area contributed by atoms with Crippen molar-refractivity contribution >= 4 is 77.2 Å². The standard InChI is InChI=1S/C68H66N2/c1-39-5-13-51(14-6-39)69(52-15-7-40(2)8-16-52)61-27-25-59-65-55(61)21-23-57(63-47-31-43-29-44(33-47)34-48(63)32-43)67(65)60-26-28-62(70(53-17-9-41(3)10-18-53)54-19-11-42(4)12-20-54)56-22-24-58(68(59)66(56)60)64-49-35-45-30-46(37-49)38-50(64)36-45/h5-28,43-50,63-64H,29-38H2,1-4H3. The molecule has 0 saturated heterocycles. The maximum atomic E-state index is 2.66. The fourth-order valence-corrected chi connectivity index (χ4v) is 17.3. The van der Waals surface area contributed by atoms with E-state index in [1.165, 1.54) is 153 Å². The molecule has 0 amide bonds. The van der Waals surface area contributed by atoms with Gasteiger partial charge in [0.25, 0.3) is 0 Å². The highest BCUT2D eigenvalue weighted by Gasteiger charge is 2.51. The van der Waals surface area contributed by atoms with E-state index in [9.17, 15) is 0 Å². The summed E-state index contributed by atoms with van der Waals surface area (Å²) in [7, 11) is 0. The third-order valence-corrected chi connectivity index (χ3v) is 19.7. The second-order valence-corrected chi connectivity index (χ2v) is 24.1. The molecular weight excluding hydrogens is 845 g/mol. The summed E-state index contributed by atoms with van der Waals surface area (Å²) in [6.07, 6.45) is 14.3. The molecular formula is C68H66N2. The van der Waals surface area contributed by atoms with Crippen LogP contribution < -0.4 is 9.80 Å². The lowest BCUT2D eigenvalue weighted by Gasteiger charge is -2.55. The molecule has 8 bridgehead atoms. The van der Waals surface area contributed by atoms with E-state index in [1.54, 1.807) is 21.9 Å². The molecule has 8 fully saturated rings. The number of hydrogen-bond acceptors (Lipinski definition) is 2. The highest BCUT2D eigenvalue weighted by atomic mass is 15.1. The Bertz CT molecular complexity index is 3110. The van der Waals surface area contributed by atoms with Crippen LogP contribution in [0.25, 0.3) is 43.1 Å². The first-order chi connectivity index (χ1) is 34.3. The molecule has 0 radical (unpaired) electrons. The van der Waals surface area contributed by atoms with Crippen LogP contribution in [0.1, 0.15) is 109 Å². The minimum absolute atomic E-state index is 0.606. The molecule has 0 atom stereocenters. The molecule has 8 aliphatic carbocycles. The van der Waals surface area contributed by atoms with Crippen LogP contribution in [0, 0.1) is 75.0 Å². The van der Waals surface area contributed by atoms with Crippen molar-refractivity contribution in [2.24, 2.45) is 47.3 Å². The van der Waals surface area contributed by atoms with E-state index in [0.717, 1.165) is 47.3 Å². The van der Waals surface area contributed by atoms with Crippen molar-refractivity contribution in [3.8, 4) is 0 Å². The Morgan fingerprint density at radius 1 is 0.271 bits per heavy atom. The average molecular weight is 911 g/mol. The molecule has 8 aliphatic rings. The third kappa shape index (κ3) is 6.36. The van der Waals surface area contributed by atoms with Gasteiger partial charge < -0.3 is 9.80 Å². The van der Waals surface area contributed by atoms with Crippen molar-refractivity contribution in [2.75, 3.05) is 9.80 Å². The highest BCUT2D eigenvalue weighted by Crippen LogP contribution is 2.64. The van der Waals surface area contributed by atoms with Crippen molar-refractivity contribution in [1.82, 2.24) is 0 Å². The first kappa shape index (κ1) is 41.6. The lowest BCUT2D eigenvalue weighted by molar-refractivity contribution is -0.00237. The van der Waals surface area contributed by atoms with Gasteiger partial charge in [-0.3, -0.25) is 0 Å². The molecule has 0 aromatic heterocycles. The molecule has 2 heteroatoms. The lowest BCUT2D eigenvalue weighted by Crippen LogP contribution is -2.43. The first-order valence-electron chi connectivity index (χ1n) is 27.3. The van der Waals surface area contributed by atoms with Crippen molar-refractivity contribution in [2.45, 2.75) is 104 Å². The number of aryl methyl sites for hydroxylation is 4. The van der Waals surface area contributed by atoms with E-state index in [1.807, 2.05) is 0 Å². The molecule has 0 unspecified atom stereocenters. The van der Waals surface area contributed by atoms with Crippen LogP contribution in [-0.2, 0) is 0 Å². The summed E-state index contributed by atoms with van der Waals surface area (Å²) < 4.78 is 0. The number of nitrogens with zero attached hydrogens (tertiary/aromatic N) is 2. The van der Waals surface area contributed by atoms with Gasteiger partial charge in [-0.25, -0.2) is 0 Å². The van der Waals surface area contributed by atoms with E-state index in [-0.39, 0.29) is 0 Å². The Morgan fingerprint density at radius 2 is 0.543 bits per heavy atom. The largest absolute Gasteiger partial charge is 0.310 e. The molecule has 8 saturated carbocycles. The topological polar surface area (TPSA) is 6.48 Å². The van der Waals surface area contributed by atoms with Crippen LogP contribution in [0.4, 0.5) is 34.1 Å².